The van der Waals surface area contributed by atoms with Crippen LogP contribution in [-0.4, -0.2) is 9.55 Å². The molecule has 66 valence electrons. The minimum Gasteiger partial charge on any atom is -0.329 e. The molecule has 2 aromatic rings. The fourth-order valence-electron chi connectivity index (χ4n) is 1.39. The van der Waals surface area contributed by atoms with Gasteiger partial charge in [-0.1, -0.05) is 0 Å². The summed E-state index contributed by atoms with van der Waals surface area (Å²) in [5.74, 6) is 0. The van der Waals surface area contributed by atoms with E-state index in [1.807, 2.05) is 49.5 Å². The molecule has 0 fully saturated rings. The molecule has 0 bridgehead atoms. The molecule has 3 nitrogen and oxygen atoms in total. The molecule has 0 aliphatic rings. The van der Waals surface area contributed by atoms with Crippen molar-refractivity contribution in [1.82, 2.24) is 9.55 Å². The van der Waals surface area contributed by atoms with Crippen molar-refractivity contribution in [3.63, 3.8) is 0 Å². The van der Waals surface area contributed by atoms with Crippen LogP contribution in [0.15, 0.2) is 36.9 Å². The van der Waals surface area contributed by atoms with Crippen molar-refractivity contribution in [1.29, 1.82) is 0 Å². The molecule has 0 unspecified atom stereocenters. The topological polar surface area (TPSA) is 21.7 Å². The van der Waals surface area contributed by atoms with E-state index < -0.39 is 0 Å². The van der Waals surface area contributed by atoms with E-state index in [-0.39, 0.29) is 0 Å². The Bertz CT molecular complexity index is 418. The fourth-order valence-corrected chi connectivity index (χ4v) is 1.39. The zero-order valence-electron chi connectivity index (χ0n) is 7.81. The normalized spacial score (nSPS) is 10.3. The van der Waals surface area contributed by atoms with Crippen LogP contribution in [0.4, 0.5) is 0 Å². The van der Waals surface area contributed by atoms with E-state index in [4.69, 9.17) is 0 Å². The summed E-state index contributed by atoms with van der Waals surface area (Å²) in [6, 6.07) is 6.12. The van der Waals surface area contributed by atoms with E-state index in [2.05, 4.69) is 15.6 Å². The molecule has 3 heteroatoms. The Morgan fingerprint density at radius 3 is 2.85 bits per heavy atom. The molecule has 13 heavy (non-hydrogen) atoms. The van der Waals surface area contributed by atoms with E-state index in [0.29, 0.717) is 0 Å². The van der Waals surface area contributed by atoms with Crippen molar-refractivity contribution >= 4 is 0 Å². The van der Waals surface area contributed by atoms with Gasteiger partial charge in [0.25, 0.3) is 0 Å². The zero-order chi connectivity index (χ0) is 9.26. The molecular weight excluding hydrogens is 162 g/mol. The predicted molar refractivity (Wildman–Crippen MR) is 49.8 cm³/mol. The lowest BCUT2D eigenvalue weighted by Crippen LogP contribution is -2.30. The monoisotopic (exact) mass is 174 g/mol. The first-order valence-corrected chi connectivity index (χ1v) is 4.20. The lowest BCUT2D eigenvalue weighted by Gasteiger charge is -1.99. The minimum atomic E-state index is 1.13. The third-order valence-corrected chi connectivity index (χ3v) is 2.13. The van der Waals surface area contributed by atoms with Crippen LogP contribution >= 0.6 is 0 Å². The molecule has 0 radical (unpaired) electrons. The number of aromatic nitrogens is 3. The van der Waals surface area contributed by atoms with Gasteiger partial charge >= 0.3 is 0 Å². The van der Waals surface area contributed by atoms with Crippen LogP contribution in [0.25, 0.3) is 11.4 Å². The zero-order valence-corrected chi connectivity index (χ0v) is 7.81. The highest BCUT2D eigenvalue weighted by Crippen LogP contribution is 2.11. The Labute approximate surface area is 77.3 Å². The number of rotatable bonds is 1. The quantitative estimate of drug-likeness (QED) is 0.589. The van der Waals surface area contributed by atoms with Gasteiger partial charge in [0.15, 0.2) is 6.20 Å². The van der Waals surface area contributed by atoms with Crippen molar-refractivity contribution < 1.29 is 4.57 Å². The van der Waals surface area contributed by atoms with Gasteiger partial charge in [0.05, 0.1) is 12.5 Å². The maximum Gasteiger partial charge on any atom is 0.230 e. The number of imidazole rings is 1. The van der Waals surface area contributed by atoms with Crippen molar-refractivity contribution in [2.24, 2.45) is 14.1 Å². The number of hydrogen-bond acceptors (Lipinski definition) is 1. The first-order chi connectivity index (χ1) is 6.29. The van der Waals surface area contributed by atoms with Crippen molar-refractivity contribution in [3.8, 4) is 11.4 Å². The smallest absolute Gasteiger partial charge is 0.230 e. The van der Waals surface area contributed by atoms with Crippen LogP contribution < -0.4 is 4.57 Å². The summed E-state index contributed by atoms with van der Waals surface area (Å²) >= 11 is 0. The van der Waals surface area contributed by atoms with E-state index in [0.717, 1.165) is 5.69 Å². The summed E-state index contributed by atoms with van der Waals surface area (Å²) in [6.45, 7) is 0. The van der Waals surface area contributed by atoms with Gasteiger partial charge < -0.3 is 4.57 Å². The summed E-state index contributed by atoms with van der Waals surface area (Å²) in [5, 5.41) is 0. The maximum absolute atomic E-state index is 4.09. The Balaban J connectivity index is 2.59. The second kappa shape index (κ2) is 3.01. The molecule has 0 aromatic carbocycles. The van der Waals surface area contributed by atoms with E-state index >= 15 is 0 Å². The first kappa shape index (κ1) is 7.98. The standard InChI is InChI=1S/C10H12N3/c1-12-6-4-3-5-9(12)10-7-11-8-13(10)2/h3-8H,1-2H3/q+1. The van der Waals surface area contributed by atoms with Gasteiger partial charge in [-0.05, 0) is 6.07 Å². The molecule has 2 rings (SSSR count). The molecule has 0 aliphatic carbocycles. The SMILES string of the molecule is Cn1cncc1-c1cccc[n+]1C. The molecule has 0 spiro atoms. The molecule has 0 N–H and O–H groups in total. The van der Waals surface area contributed by atoms with Gasteiger partial charge in [-0.15, -0.1) is 0 Å². The maximum atomic E-state index is 4.09. The molecule has 0 saturated heterocycles. The van der Waals surface area contributed by atoms with Crippen molar-refractivity contribution in [2.45, 2.75) is 0 Å². The van der Waals surface area contributed by atoms with E-state index in [1.165, 1.54) is 5.69 Å². The van der Waals surface area contributed by atoms with Gasteiger partial charge in [0.2, 0.25) is 5.69 Å². The fraction of sp³-hybridized carbons (Fsp3) is 0.200. The third kappa shape index (κ3) is 1.33. The van der Waals surface area contributed by atoms with E-state index in [9.17, 15) is 0 Å². The summed E-state index contributed by atoms with van der Waals surface area (Å²) < 4.78 is 4.09. The summed E-state index contributed by atoms with van der Waals surface area (Å²) in [5.41, 5.74) is 2.30. The van der Waals surface area contributed by atoms with Crippen LogP contribution in [0.1, 0.15) is 0 Å². The summed E-state index contributed by atoms with van der Waals surface area (Å²) in [4.78, 5) is 4.09. The summed E-state index contributed by atoms with van der Waals surface area (Å²) in [7, 11) is 4.03. The van der Waals surface area contributed by atoms with Gasteiger partial charge in [-0.25, -0.2) is 4.98 Å². The Kier molecular flexibility index (Phi) is 1.85. The lowest BCUT2D eigenvalue weighted by atomic mass is 10.3. The van der Waals surface area contributed by atoms with Crippen LogP contribution in [0, 0.1) is 0 Å². The number of pyridine rings is 1. The molecule has 0 atom stereocenters. The van der Waals surface area contributed by atoms with Crippen LogP contribution in [0.5, 0.6) is 0 Å². The Morgan fingerprint density at radius 2 is 2.23 bits per heavy atom. The molecule has 2 aromatic heterocycles. The molecule has 0 amide bonds. The Morgan fingerprint density at radius 1 is 1.38 bits per heavy atom. The van der Waals surface area contributed by atoms with Gasteiger partial charge in [0.1, 0.15) is 12.7 Å². The van der Waals surface area contributed by atoms with Crippen molar-refractivity contribution in [3.05, 3.63) is 36.9 Å². The van der Waals surface area contributed by atoms with Gasteiger partial charge in [-0.2, -0.15) is 4.57 Å². The average molecular weight is 174 g/mol. The van der Waals surface area contributed by atoms with Gasteiger partial charge in [-0.3, -0.25) is 0 Å². The number of hydrogen-bond donors (Lipinski definition) is 0. The van der Waals surface area contributed by atoms with Crippen molar-refractivity contribution in [2.75, 3.05) is 0 Å². The highest BCUT2D eigenvalue weighted by molar-refractivity contribution is 5.49. The summed E-state index contributed by atoms with van der Waals surface area (Å²) in [6.07, 6.45) is 5.71. The Hall–Kier alpha value is -1.64. The highest BCUT2D eigenvalue weighted by atomic mass is 15.0. The van der Waals surface area contributed by atoms with Gasteiger partial charge in [0, 0.05) is 19.2 Å². The second-order valence-corrected chi connectivity index (χ2v) is 3.09. The number of nitrogens with zero attached hydrogens (tertiary/aromatic N) is 3. The minimum absolute atomic E-state index is 1.13. The van der Waals surface area contributed by atoms with Crippen LogP contribution in [0.3, 0.4) is 0 Å². The van der Waals surface area contributed by atoms with E-state index in [1.54, 1.807) is 0 Å². The first-order valence-electron chi connectivity index (χ1n) is 4.20. The largest absolute Gasteiger partial charge is 0.329 e. The predicted octanol–water partition coefficient (Wildman–Crippen LogP) is 0.912. The third-order valence-electron chi connectivity index (χ3n) is 2.13. The average Bonchev–Trinajstić information content (AvgIpc) is 2.52. The van der Waals surface area contributed by atoms with Crippen LogP contribution in [0.2, 0.25) is 0 Å². The van der Waals surface area contributed by atoms with Crippen LogP contribution in [-0.2, 0) is 14.1 Å². The molecule has 2 heterocycles. The molecular formula is C10H12N3+. The molecule has 0 saturated carbocycles. The molecule has 0 aliphatic heterocycles. The lowest BCUT2D eigenvalue weighted by molar-refractivity contribution is -0.660. The second-order valence-electron chi connectivity index (χ2n) is 3.09. The highest BCUT2D eigenvalue weighted by Gasteiger charge is 2.10. The number of aryl methyl sites for hydroxylation is 2.